The van der Waals surface area contributed by atoms with Gasteiger partial charge in [-0.1, -0.05) is 13.3 Å². The number of nitrogens with zero attached hydrogens (tertiary/aromatic N) is 1. The van der Waals surface area contributed by atoms with Crippen molar-refractivity contribution in [1.82, 2.24) is 4.90 Å². The molecule has 2 rings (SSSR count). The Morgan fingerprint density at radius 3 is 2.73 bits per heavy atom. The average Bonchev–Trinajstić information content (AvgIpc) is 2.32. The predicted molar refractivity (Wildman–Crippen MR) is 44.6 cm³/mol. The molecule has 0 aromatic carbocycles. The fourth-order valence-electron chi connectivity index (χ4n) is 1.96. The normalized spacial score (nSPS) is 34.1. The van der Waals surface area contributed by atoms with E-state index in [1.165, 1.54) is 25.9 Å². The summed E-state index contributed by atoms with van der Waals surface area (Å²) in [7, 11) is 0. The van der Waals surface area contributed by atoms with Crippen molar-refractivity contribution in [3.05, 3.63) is 0 Å². The predicted octanol–water partition coefficient (Wildman–Crippen LogP) is 1.12. The van der Waals surface area contributed by atoms with Gasteiger partial charge in [0.2, 0.25) is 0 Å². The van der Waals surface area contributed by atoms with Crippen LogP contribution in [-0.2, 0) is 4.74 Å². The summed E-state index contributed by atoms with van der Waals surface area (Å²) in [6.45, 7) is 6.90. The van der Waals surface area contributed by atoms with E-state index in [4.69, 9.17) is 4.74 Å². The smallest absolute Gasteiger partial charge is 0.0645 e. The molecular formula is C9H17NO. The summed E-state index contributed by atoms with van der Waals surface area (Å²) in [5.41, 5.74) is 0. The van der Waals surface area contributed by atoms with Crippen LogP contribution in [0, 0.1) is 5.92 Å². The lowest BCUT2D eigenvalue weighted by molar-refractivity contribution is -0.0580. The van der Waals surface area contributed by atoms with E-state index in [2.05, 4.69) is 11.8 Å². The third kappa shape index (κ3) is 1.42. The molecule has 2 saturated heterocycles. The second-order valence-corrected chi connectivity index (χ2v) is 3.75. The van der Waals surface area contributed by atoms with E-state index in [0.717, 1.165) is 25.2 Å². The standard InChI is InChI=1S/C9H17NO/c1-2-8-3-4-10(5-8)9-6-11-7-9/h8-9H,2-7H2,1H3/t8-/m1/s1. The molecule has 11 heavy (non-hydrogen) atoms. The van der Waals surface area contributed by atoms with Crippen LogP contribution in [0.3, 0.4) is 0 Å². The molecule has 2 nitrogen and oxygen atoms in total. The highest BCUT2D eigenvalue weighted by molar-refractivity contribution is 4.84. The number of ether oxygens (including phenoxy) is 1. The Morgan fingerprint density at radius 1 is 1.45 bits per heavy atom. The van der Waals surface area contributed by atoms with Crippen LogP contribution < -0.4 is 0 Å². The molecule has 0 aromatic rings. The van der Waals surface area contributed by atoms with Crippen LogP contribution in [0.4, 0.5) is 0 Å². The van der Waals surface area contributed by atoms with Crippen molar-refractivity contribution < 1.29 is 4.74 Å². The van der Waals surface area contributed by atoms with Gasteiger partial charge in [-0.2, -0.15) is 0 Å². The molecule has 0 aromatic heterocycles. The third-order valence-electron chi connectivity index (χ3n) is 3.03. The summed E-state index contributed by atoms with van der Waals surface area (Å²) in [5.74, 6) is 0.968. The Kier molecular flexibility index (Phi) is 2.14. The topological polar surface area (TPSA) is 12.5 Å². The molecule has 0 unspecified atom stereocenters. The Hall–Kier alpha value is -0.0800. The van der Waals surface area contributed by atoms with Crippen LogP contribution in [0.2, 0.25) is 0 Å². The van der Waals surface area contributed by atoms with E-state index >= 15 is 0 Å². The third-order valence-corrected chi connectivity index (χ3v) is 3.03. The van der Waals surface area contributed by atoms with E-state index in [-0.39, 0.29) is 0 Å². The van der Waals surface area contributed by atoms with Crippen molar-refractivity contribution in [3.63, 3.8) is 0 Å². The summed E-state index contributed by atoms with van der Waals surface area (Å²) >= 11 is 0. The summed E-state index contributed by atoms with van der Waals surface area (Å²) < 4.78 is 5.17. The van der Waals surface area contributed by atoms with Crippen molar-refractivity contribution in [2.45, 2.75) is 25.8 Å². The fraction of sp³-hybridized carbons (Fsp3) is 1.00. The molecule has 2 heteroatoms. The minimum absolute atomic E-state index is 0.770. The lowest BCUT2D eigenvalue weighted by Gasteiger charge is -2.34. The van der Waals surface area contributed by atoms with Gasteiger partial charge in [-0.05, 0) is 18.9 Å². The Bertz CT molecular complexity index is 134. The van der Waals surface area contributed by atoms with Gasteiger partial charge in [-0.25, -0.2) is 0 Å². The second-order valence-electron chi connectivity index (χ2n) is 3.75. The quantitative estimate of drug-likeness (QED) is 0.592. The second kappa shape index (κ2) is 3.11. The monoisotopic (exact) mass is 155 g/mol. The number of likely N-dealkylation sites (tertiary alicyclic amines) is 1. The summed E-state index contributed by atoms with van der Waals surface area (Å²) in [4.78, 5) is 2.59. The first-order valence-electron chi connectivity index (χ1n) is 4.72. The maximum Gasteiger partial charge on any atom is 0.0645 e. The number of rotatable bonds is 2. The van der Waals surface area contributed by atoms with Crippen LogP contribution in [0.15, 0.2) is 0 Å². The minimum Gasteiger partial charge on any atom is -0.378 e. The lowest BCUT2D eigenvalue weighted by Crippen LogP contribution is -2.47. The van der Waals surface area contributed by atoms with Crippen LogP contribution in [0.5, 0.6) is 0 Å². The molecule has 0 saturated carbocycles. The zero-order valence-corrected chi connectivity index (χ0v) is 7.25. The van der Waals surface area contributed by atoms with Gasteiger partial charge in [0.05, 0.1) is 19.3 Å². The SMILES string of the molecule is CC[C@@H]1CCN(C2COC2)C1. The van der Waals surface area contributed by atoms with Gasteiger partial charge < -0.3 is 4.74 Å². The van der Waals surface area contributed by atoms with Gasteiger partial charge in [0.1, 0.15) is 0 Å². The molecular weight excluding hydrogens is 138 g/mol. The molecule has 2 fully saturated rings. The first-order valence-corrected chi connectivity index (χ1v) is 4.72. The first kappa shape index (κ1) is 7.56. The van der Waals surface area contributed by atoms with Crippen molar-refractivity contribution in [3.8, 4) is 0 Å². The van der Waals surface area contributed by atoms with Gasteiger partial charge >= 0.3 is 0 Å². The van der Waals surface area contributed by atoms with Crippen LogP contribution in [0.25, 0.3) is 0 Å². The van der Waals surface area contributed by atoms with Gasteiger partial charge in [0.15, 0.2) is 0 Å². The molecule has 0 aliphatic carbocycles. The van der Waals surface area contributed by atoms with E-state index in [9.17, 15) is 0 Å². The largest absolute Gasteiger partial charge is 0.378 e. The summed E-state index contributed by atoms with van der Waals surface area (Å²) in [6, 6.07) is 0.770. The van der Waals surface area contributed by atoms with E-state index in [1.54, 1.807) is 0 Å². The van der Waals surface area contributed by atoms with Gasteiger partial charge in [-0.15, -0.1) is 0 Å². The number of hydrogen-bond donors (Lipinski definition) is 0. The maximum absolute atomic E-state index is 5.17. The van der Waals surface area contributed by atoms with E-state index in [1.807, 2.05) is 0 Å². The fourth-order valence-corrected chi connectivity index (χ4v) is 1.96. The van der Waals surface area contributed by atoms with E-state index < -0.39 is 0 Å². The molecule has 0 N–H and O–H groups in total. The zero-order valence-electron chi connectivity index (χ0n) is 7.25. The average molecular weight is 155 g/mol. The highest BCUT2D eigenvalue weighted by Gasteiger charge is 2.31. The zero-order chi connectivity index (χ0) is 7.68. The van der Waals surface area contributed by atoms with Crippen LogP contribution in [0.1, 0.15) is 19.8 Å². The molecule has 0 radical (unpaired) electrons. The summed E-state index contributed by atoms with van der Waals surface area (Å²) in [5, 5.41) is 0. The molecule has 2 aliphatic heterocycles. The molecule has 0 amide bonds. The molecule has 1 atom stereocenters. The molecule has 0 bridgehead atoms. The van der Waals surface area contributed by atoms with Crippen molar-refractivity contribution in [2.24, 2.45) is 5.92 Å². The Labute approximate surface area is 68.5 Å². The van der Waals surface area contributed by atoms with Crippen molar-refractivity contribution in [2.75, 3.05) is 26.3 Å². The summed E-state index contributed by atoms with van der Waals surface area (Å²) in [6.07, 6.45) is 2.76. The Morgan fingerprint density at radius 2 is 2.27 bits per heavy atom. The molecule has 0 spiro atoms. The maximum atomic E-state index is 5.17. The highest BCUT2D eigenvalue weighted by Crippen LogP contribution is 2.23. The van der Waals surface area contributed by atoms with Crippen molar-refractivity contribution >= 4 is 0 Å². The van der Waals surface area contributed by atoms with Gasteiger partial charge in [0, 0.05) is 6.54 Å². The van der Waals surface area contributed by atoms with E-state index in [0.29, 0.717) is 0 Å². The van der Waals surface area contributed by atoms with Gasteiger partial charge in [0.25, 0.3) is 0 Å². The molecule has 2 aliphatic rings. The lowest BCUT2D eigenvalue weighted by atomic mass is 10.1. The van der Waals surface area contributed by atoms with Crippen molar-refractivity contribution in [1.29, 1.82) is 0 Å². The first-order chi connectivity index (χ1) is 5.40. The Balaban J connectivity index is 1.79. The van der Waals surface area contributed by atoms with Crippen LogP contribution in [-0.4, -0.2) is 37.2 Å². The highest BCUT2D eigenvalue weighted by atomic mass is 16.5. The minimum atomic E-state index is 0.770. The molecule has 2 heterocycles. The van der Waals surface area contributed by atoms with Gasteiger partial charge in [-0.3, -0.25) is 4.90 Å². The number of hydrogen-bond acceptors (Lipinski definition) is 2. The van der Waals surface area contributed by atoms with Crippen LogP contribution >= 0.6 is 0 Å². The molecule has 64 valence electrons.